The van der Waals surface area contributed by atoms with E-state index in [9.17, 15) is 18.0 Å². The molecule has 8 nitrogen and oxygen atoms in total. The highest BCUT2D eigenvalue weighted by atomic mass is 79.9. The number of halogens is 3. The van der Waals surface area contributed by atoms with Gasteiger partial charge in [0.1, 0.15) is 18.3 Å². The molecule has 0 heterocycles. The van der Waals surface area contributed by atoms with Gasteiger partial charge in [-0.05, 0) is 92.4 Å². The molecule has 1 saturated carbocycles. The summed E-state index contributed by atoms with van der Waals surface area (Å²) in [5.74, 6) is -0.241. The molecule has 3 aromatic rings. The molecule has 0 aliphatic heterocycles. The minimum Gasteiger partial charge on any atom is -0.494 e. The number of carbonyl (C=O) groups is 2. The molecule has 12 heteroatoms. The number of nitrogens with one attached hydrogen (secondary N) is 1. The van der Waals surface area contributed by atoms with Crippen LogP contribution in [0.5, 0.6) is 5.75 Å². The van der Waals surface area contributed by atoms with E-state index in [1.54, 1.807) is 54.6 Å². The Morgan fingerprint density at radius 2 is 1.64 bits per heavy atom. The normalized spacial score (nSPS) is 14.2. The number of nitrogens with zero attached hydrogens (tertiary/aromatic N) is 2. The zero-order chi connectivity index (χ0) is 31.9. The molecule has 4 rings (SSSR count). The molecule has 1 fully saturated rings. The monoisotopic (exact) mass is 723 g/mol. The Bertz CT molecular complexity index is 1550. The standard InChI is InChI=1S/C32H36BrCl2N3O5S/c1-3-30(32(40)36-24-7-5-6-8-24)37(20-22-9-18-28(34)29(35)19-22)31(39)21-38(25-12-14-26(15-13-25)43-4-2)44(41,42)27-16-10-23(33)11-17-27/h9-19,24,30H,3-8,20-21H2,1-2H3,(H,36,40)/t30-/m0/s1. The second-order valence-corrected chi connectivity index (χ2v) is 14.2. The van der Waals surface area contributed by atoms with Gasteiger partial charge in [-0.15, -0.1) is 0 Å². The Morgan fingerprint density at radius 3 is 2.23 bits per heavy atom. The SMILES string of the molecule is CCOc1ccc(N(CC(=O)N(Cc2ccc(Cl)c(Cl)c2)[C@@H](CC)C(=O)NC2CCCC2)S(=O)(=O)c2ccc(Br)cc2)cc1. The summed E-state index contributed by atoms with van der Waals surface area (Å²) in [6.07, 6.45) is 4.19. The Labute approximate surface area is 277 Å². The van der Waals surface area contributed by atoms with Gasteiger partial charge < -0.3 is 15.0 Å². The fraction of sp³-hybridized carbons (Fsp3) is 0.375. The van der Waals surface area contributed by atoms with Gasteiger partial charge in [-0.25, -0.2) is 8.42 Å². The fourth-order valence-electron chi connectivity index (χ4n) is 5.26. The Balaban J connectivity index is 1.72. The van der Waals surface area contributed by atoms with E-state index in [1.807, 2.05) is 13.8 Å². The lowest BCUT2D eigenvalue weighted by Gasteiger charge is -2.34. The molecule has 0 spiro atoms. The highest BCUT2D eigenvalue weighted by Crippen LogP contribution is 2.29. The lowest BCUT2D eigenvalue weighted by molar-refractivity contribution is -0.140. The van der Waals surface area contributed by atoms with Crippen LogP contribution in [0.25, 0.3) is 0 Å². The van der Waals surface area contributed by atoms with E-state index in [4.69, 9.17) is 27.9 Å². The van der Waals surface area contributed by atoms with E-state index in [1.165, 1.54) is 17.0 Å². The van der Waals surface area contributed by atoms with Gasteiger partial charge in [0.15, 0.2) is 0 Å². The lowest BCUT2D eigenvalue weighted by atomic mass is 10.1. The van der Waals surface area contributed by atoms with Crippen molar-refractivity contribution in [3.8, 4) is 5.75 Å². The fourth-order valence-corrected chi connectivity index (χ4v) is 7.26. The Morgan fingerprint density at radius 1 is 0.977 bits per heavy atom. The van der Waals surface area contributed by atoms with Gasteiger partial charge in [0.2, 0.25) is 11.8 Å². The van der Waals surface area contributed by atoms with Gasteiger partial charge >= 0.3 is 0 Å². The van der Waals surface area contributed by atoms with Crippen LogP contribution in [0.2, 0.25) is 10.0 Å². The molecular weight excluding hydrogens is 689 g/mol. The van der Waals surface area contributed by atoms with Crippen LogP contribution in [0, 0.1) is 0 Å². The largest absolute Gasteiger partial charge is 0.494 e. The van der Waals surface area contributed by atoms with Crippen molar-refractivity contribution in [2.45, 2.75) is 69.5 Å². The summed E-state index contributed by atoms with van der Waals surface area (Å²) in [7, 11) is -4.20. The quantitative estimate of drug-likeness (QED) is 0.201. The van der Waals surface area contributed by atoms with Crippen LogP contribution < -0.4 is 14.4 Å². The molecule has 2 amide bonds. The topological polar surface area (TPSA) is 96.0 Å². The summed E-state index contributed by atoms with van der Waals surface area (Å²) in [5.41, 5.74) is 0.936. The predicted molar refractivity (Wildman–Crippen MR) is 178 cm³/mol. The van der Waals surface area contributed by atoms with Crippen LogP contribution in [-0.2, 0) is 26.2 Å². The first-order chi connectivity index (χ1) is 21.0. The van der Waals surface area contributed by atoms with Crippen molar-refractivity contribution < 1.29 is 22.7 Å². The van der Waals surface area contributed by atoms with Crippen LogP contribution in [-0.4, -0.2) is 50.4 Å². The van der Waals surface area contributed by atoms with Gasteiger partial charge in [-0.3, -0.25) is 13.9 Å². The van der Waals surface area contributed by atoms with Gasteiger partial charge in [0.25, 0.3) is 10.0 Å². The smallest absolute Gasteiger partial charge is 0.264 e. The van der Waals surface area contributed by atoms with Gasteiger partial charge in [0.05, 0.1) is 27.2 Å². The van der Waals surface area contributed by atoms with Gasteiger partial charge in [-0.1, -0.05) is 65.0 Å². The summed E-state index contributed by atoms with van der Waals surface area (Å²) in [6.45, 7) is 3.62. The van der Waals surface area contributed by atoms with Crippen molar-refractivity contribution in [1.82, 2.24) is 10.2 Å². The number of carbonyl (C=O) groups excluding carboxylic acids is 2. The Kier molecular flexibility index (Phi) is 12.0. The number of benzene rings is 3. The maximum atomic E-state index is 14.3. The van der Waals surface area contributed by atoms with E-state index in [0.717, 1.165) is 30.0 Å². The molecule has 44 heavy (non-hydrogen) atoms. The third kappa shape index (κ3) is 8.47. The molecule has 1 N–H and O–H groups in total. The lowest BCUT2D eigenvalue weighted by Crippen LogP contribution is -2.53. The number of sulfonamides is 1. The number of hydrogen-bond acceptors (Lipinski definition) is 5. The number of rotatable bonds is 13. The molecule has 0 saturated heterocycles. The maximum absolute atomic E-state index is 14.3. The molecule has 0 bridgehead atoms. The van der Waals surface area contributed by atoms with Crippen molar-refractivity contribution in [2.24, 2.45) is 0 Å². The molecule has 1 aliphatic carbocycles. The zero-order valence-electron chi connectivity index (χ0n) is 24.6. The first-order valence-corrected chi connectivity index (χ1v) is 17.6. The third-order valence-corrected chi connectivity index (χ3v) is 10.6. The van der Waals surface area contributed by atoms with E-state index >= 15 is 0 Å². The maximum Gasteiger partial charge on any atom is 0.264 e. The minimum absolute atomic E-state index is 0.0180. The van der Waals surface area contributed by atoms with Crippen molar-refractivity contribution in [3.05, 3.63) is 86.8 Å². The van der Waals surface area contributed by atoms with E-state index in [-0.39, 0.29) is 29.1 Å². The average Bonchev–Trinajstić information content (AvgIpc) is 3.51. The average molecular weight is 726 g/mol. The summed E-state index contributed by atoms with van der Waals surface area (Å²) in [4.78, 5) is 29.3. The highest BCUT2D eigenvalue weighted by Gasteiger charge is 2.34. The van der Waals surface area contributed by atoms with E-state index in [0.29, 0.717) is 38.9 Å². The second kappa shape index (κ2) is 15.5. The predicted octanol–water partition coefficient (Wildman–Crippen LogP) is 7.22. The molecule has 0 aromatic heterocycles. The van der Waals surface area contributed by atoms with Crippen molar-refractivity contribution in [3.63, 3.8) is 0 Å². The summed E-state index contributed by atoms with van der Waals surface area (Å²) >= 11 is 15.8. The van der Waals surface area contributed by atoms with Crippen LogP contribution in [0.15, 0.2) is 76.1 Å². The van der Waals surface area contributed by atoms with Crippen LogP contribution in [0.3, 0.4) is 0 Å². The minimum atomic E-state index is -4.20. The summed E-state index contributed by atoms with van der Waals surface area (Å²) in [5, 5.41) is 3.78. The molecule has 1 aliphatic rings. The first-order valence-electron chi connectivity index (χ1n) is 14.6. The molecule has 1 atom stereocenters. The van der Waals surface area contributed by atoms with E-state index in [2.05, 4.69) is 21.2 Å². The molecule has 3 aromatic carbocycles. The number of anilines is 1. The zero-order valence-corrected chi connectivity index (χ0v) is 28.6. The molecule has 0 radical (unpaired) electrons. The van der Waals surface area contributed by atoms with Crippen LogP contribution in [0.1, 0.15) is 51.5 Å². The number of amides is 2. The number of ether oxygens (including phenoxy) is 1. The summed E-state index contributed by atoms with van der Waals surface area (Å²) < 4.78 is 35.4. The van der Waals surface area contributed by atoms with Crippen molar-refractivity contribution in [1.29, 1.82) is 0 Å². The van der Waals surface area contributed by atoms with Crippen LogP contribution in [0.4, 0.5) is 5.69 Å². The highest BCUT2D eigenvalue weighted by molar-refractivity contribution is 9.10. The van der Waals surface area contributed by atoms with Crippen molar-refractivity contribution in [2.75, 3.05) is 17.5 Å². The van der Waals surface area contributed by atoms with Gasteiger partial charge in [0, 0.05) is 17.1 Å². The third-order valence-electron chi connectivity index (χ3n) is 7.54. The van der Waals surface area contributed by atoms with Crippen LogP contribution >= 0.6 is 39.1 Å². The van der Waals surface area contributed by atoms with E-state index < -0.39 is 28.5 Å². The molecule has 236 valence electrons. The molecule has 0 unspecified atom stereocenters. The Hall–Kier alpha value is -2.79. The second-order valence-electron chi connectivity index (χ2n) is 10.6. The summed E-state index contributed by atoms with van der Waals surface area (Å²) in [6, 6.07) is 16.9. The van der Waals surface area contributed by atoms with Gasteiger partial charge in [-0.2, -0.15) is 0 Å². The van der Waals surface area contributed by atoms with Crippen molar-refractivity contribution >= 4 is 66.7 Å². The number of hydrogen-bond donors (Lipinski definition) is 1. The first kappa shape index (κ1) is 34.1. The molecular formula is C32H36BrCl2N3O5S.